The number of hydrogen-bond acceptors (Lipinski definition) is 2. The van der Waals surface area contributed by atoms with Crippen LogP contribution in [0.4, 0.5) is 0 Å². The van der Waals surface area contributed by atoms with Crippen LogP contribution < -0.4 is 0 Å². The van der Waals surface area contributed by atoms with Gasteiger partial charge in [-0.25, -0.2) is 4.98 Å². The summed E-state index contributed by atoms with van der Waals surface area (Å²) >= 11 is 0. The highest BCUT2D eigenvalue weighted by Gasteiger charge is 2.26. The maximum Gasteiger partial charge on any atom is 0.272 e. The molecule has 0 aliphatic carbocycles. The third-order valence-corrected chi connectivity index (χ3v) is 4.81. The van der Waals surface area contributed by atoms with Gasteiger partial charge in [0.15, 0.2) is 0 Å². The summed E-state index contributed by atoms with van der Waals surface area (Å²) in [6, 6.07) is 16.3. The van der Waals surface area contributed by atoms with Crippen LogP contribution in [0.25, 0.3) is 5.65 Å². The number of fused-ring (bicyclic) bond motifs is 1. The average molecular weight is 319 g/mol. The van der Waals surface area contributed by atoms with Gasteiger partial charge in [-0.3, -0.25) is 9.20 Å². The molecule has 1 unspecified atom stereocenters. The van der Waals surface area contributed by atoms with Crippen molar-refractivity contribution < 1.29 is 4.79 Å². The second-order valence-corrected chi connectivity index (χ2v) is 6.52. The fourth-order valence-electron chi connectivity index (χ4n) is 3.62. The molecule has 24 heavy (non-hydrogen) atoms. The Kier molecular flexibility index (Phi) is 4.03. The lowest BCUT2D eigenvalue weighted by Gasteiger charge is -2.32. The Morgan fingerprint density at radius 3 is 2.83 bits per heavy atom. The Balaban J connectivity index is 1.50. The molecular formula is C20H21N3O. The molecule has 1 fully saturated rings. The van der Waals surface area contributed by atoms with Crippen molar-refractivity contribution in [2.75, 3.05) is 13.1 Å². The van der Waals surface area contributed by atoms with E-state index in [0.717, 1.165) is 31.6 Å². The van der Waals surface area contributed by atoms with Gasteiger partial charge in [0.1, 0.15) is 11.3 Å². The number of carbonyl (C=O) groups excluding carboxylic acids is 1. The smallest absolute Gasteiger partial charge is 0.272 e. The molecule has 0 bridgehead atoms. The van der Waals surface area contributed by atoms with Gasteiger partial charge in [-0.05, 0) is 42.9 Å². The summed E-state index contributed by atoms with van der Waals surface area (Å²) < 4.78 is 1.88. The average Bonchev–Trinajstić information content (AvgIpc) is 3.06. The first-order chi connectivity index (χ1) is 11.8. The number of piperidine rings is 1. The molecule has 122 valence electrons. The van der Waals surface area contributed by atoms with E-state index in [1.807, 2.05) is 39.8 Å². The molecule has 1 amide bonds. The maximum absolute atomic E-state index is 12.9. The monoisotopic (exact) mass is 319 g/mol. The van der Waals surface area contributed by atoms with Gasteiger partial charge in [0.05, 0.1) is 6.20 Å². The van der Waals surface area contributed by atoms with E-state index in [2.05, 4.69) is 29.2 Å². The molecule has 4 nitrogen and oxygen atoms in total. The highest BCUT2D eigenvalue weighted by Crippen LogP contribution is 2.22. The highest BCUT2D eigenvalue weighted by molar-refractivity contribution is 5.93. The Labute approximate surface area is 141 Å². The molecule has 1 aliphatic rings. The number of nitrogens with zero attached hydrogens (tertiary/aromatic N) is 3. The van der Waals surface area contributed by atoms with E-state index >= 15 is 0 Å². The Bertz CT molecular complexity index is 840. The van der Waals surface area contributed by atoms with Crippen molar-refractivity contribution in [1.82, 2.24) is 14.3 Å². The van der Waals surface area contributed by atoms with Crippen molar-refractivity contribution >= 4 is 11.6 Å². The van der Waals surface area contributed by atoms with Crippen LogP contribution in [0.5, 0.6) is 0 Å². The van der Waals surface area contributed by atoms with E-state index in [0.29, 0.717) is 11.6 Å². The lowest BCUT2D eigenvalue weighted by molar-refractivity contribution is 0.0666. The molecular weight excluding hydrogens is 298 g/mol. The lowest BCUT2D eigenvalue weighted by Crippen LogP contribution is -2.41. The first-order valence-electron chi connectivity index (χ1n) is 8.56. The second kappa shape index (κ2) is 6.48. The number of amides is 1. The zero-order valence-electron chi connectivity index (χ0n) is 13.6. The number of imidazole rings is 1. The van der Waals surface area contributed by atoms with Gasteiger partial charge >= 0.3 is 0 Å². The van der Waals surface area contributed by atoms with Gasteiger partial charge in [0.2, 0.25) is 0 Å². The van der Waals surface area contributed by atoms with E-state index in [9.17, 15) is 4.79 Å². The van der Waals surface area contributed by atoms with Gasteiger partial charge in [-0.1, -0.05) is 36.4 Å². The number of pyridine rings is 1. The maximum atomic E-state index is 12.9. The second-order valence-electron chi connectivity index (χ2n) is 6.52. The lowest BCUT2D eigenvalue weighted by atomic mass is 9.91. The summed E-state index contributed by atoms with van der Waals surface area (Å²) in [5.74, 6) is 0.621. The largest absolute Gasteiger partial charge is 0.337 e. The van der Waals surface area contributed by atoms with Crippen molar-refractivity contribution in [1.29, 1.82) is 0 Å². The number of benzene rings is 1. The number of likely N-dealkylation sites (tertiary alicyclic amines) is 1. The molecule has 0 saturated carbocycles. The van der Waals surface area contributed by atoms with Crippen LogP contribution in [-0.4, -0.2) is 33.3 Å². The molecule has 0 spiro atoms. The molecule has 1 aliphatic heterocycles. The van der Waals surface area contributed by atoms with Crippen LogP contribution in [0.2, 0.25) is 0 Å². The summed E-state index contributed by atoms with van der Waals surface area (Å²) in [7, 11) is 0. The number of aromatic nitrogens is 2. The predicted molar refractivity (Wildman–Crippen MR) is 94.0 cm³/mol. The first-order valence-corrected chi connectivity index (χ1v) is 8.56. The Morgan fingerprint density at radius 2 is 1.96 bits per heavy atom. The van der Waals surface area contributed by atoms with Crippen LogP contribution in [0.15, 0.2) is 60.9 Å². The number of carbonyl (C=O) groups is 1. The zero-order valence-corrected chi connectivity index (χ0v) is 13.6. The first kappa shape index (κ1) is 14.9. The third kappa shape index (κ3) is 2.92. The van der Waals surface area contributed by atoms with E-state index in [-0.39, 0.29) is 5.91 Å². The standard InChI is InChI=1S/C20H21N3O/c24-20(18-14-21-19-10-4-5-12-23(18)19)22-11-6-9-17(15-22)13-16-7-2-1-3-8-16/h1-5,7-8,10,12,14,17H,6,9,11,13,15H2. The zero-order chi connectivity index (χ0) is 16.4. The van der Waals surface area contributed by atoms with Crippen molar-refractivity contribution in [3.8, 4) is 0 Å². The summed E-state index contributed by atoms with van der Waals surface area (Å²) in [6.07, 6.45) is 6.89. The topological polar surface area (TPSA) is 37.6 Å². The predicted octanol–water partition coefficient (Wildman–Crippen LogP) is 3.43. The fourth-order valence-corrected chi connectivity index (χ4v) is 3.62. The quantitative estimate of drug-likeness (QED) is 0.742. The molecule has 4 heteroatoms. The fraction of sp³-hybridized carbons (Fsp3) is 0.300. The minimum absolute atomic E-state index is 0.0893. The van der Waals surface area contributed by atoms with Crippen molar-refractivity contribution in [3.05, 3.63) is 72.2 Å². The molecule has 1 aromatic carbocycles. The molecule has 2 aromatic heterocycles. The van der Waals surface area contributed by atoms with Crippen molar-refractivity contribution in [3.63, 3.8) is 0 Å². The minimum atomic E-state index is 0.0893. The molecule has 1 saturated heterocycles. The highest BCUT2D eigenvalue weighted by atomic mass is 16.2. The molecule has 0 N–H and O–H groups in total. The minimum Gasteiger partial charge on any atom is -0.337 e. The van der Waals surface area contributed by atoms with Gasteiger partial charge in [-0.2, -0.15) is 0 Å². The molecule has 1 atom stereocenters. The SMILES string of the molecule is O=C(c1cnc2ccccn12)N1CCCC(Cc2ccccc2)C1. The van der Waals surface area contributed by atoms with E-state index in [1.54, 1.807) is 6.20 Å². The van der Waals surface area contributed by atoms with Crippen LogP contribution >= 0.6 is 0 Å². The van der Waals surface area contributed by atoms with E-state index in [1.165, 1.54) is 12.0 Å². The number of hydrogen-bond donors (Lipinski definition) is 0. The van der Waals surface area contributed by atoms with Crippen molar-refractivity contribution in [2.45, 2.75) is 19.3 Å². The Hall–Kier alpha value is -2.62. The van der Waals surface area contributed by atoms with Gasteiger partial charge in [0, 0.05) is 19.3 Å². The van der Waals surface area contributed by atoms with Crippen LogP contribution in [0.1, 0.15) is 28.9 Å². The van der Waals surface area contributed by atoms with Crippen LogP contribution in [0, 0.1) is 5.92 Å². The molecule has 3 heterocycles. The van der Waals surface area contributed by atoms with Crippen LogP contribution in [0.3, 0.4) is 0 Å². The van der Waals surface area contributed by atoms with Crippen LogP contribution in [-0.2, 0) is 6.42 Å². The van der Waals surface area contributed by atoms with E-state index in [4.69, 9.17) is 0 Å². The summed E-state index contributed by atoms with van der Waals surface area (Å²) in [5, 5.41) is 0. The number of rotatable bonds is 3. The molecule has 3 aromatic rings. The summed E-state index contributed by atoms with van der Waals surface area (Å²) in [4.78, 5) is 19.3. The van der Waals surface area contributed by atoms with Gasteiger partial charge < -0.3 is 4.90 Å². The summed E-state index contributed by atoms with van der Waals surface area (Å²) in [6.45, 7) is 1.66. The van der Waals surface area contributed by atoms with Gasteiger partial charge in [0.25, 0.3) is 5.91 Å². The third-order valence-electron chi connectivity index (χ3n) is 4.81. The molecule has 4 rings (SSSR count). The van der Waals surface area contributed by atoms with E-state index < -0.39 is 0 Å². The molecule has 0 radical (unpaired) electrons. The van der Waals surface area contributed by atoms with Crippen molar-refractivity contribution in [2.24, 2.45) is 5.92 Å². The Morgan fingerprint density at radius 1 is 1.12 bits per heavy atom. The normalized spacial score (nSPS) is 18.0. The van der Waals surface area contributed by atoms with Gasteiger partial charge in [-0.15, -0.1) is 0 Å². The summed E-state index contributed by atoms with van der Waals surface area (Å²) in [5.41, 5.74) is 2.83.